The van der Waals surface area contributed by atoms with Gasteiger partial charge in [-0.2, -0.15) is 0 Å². The van der Waals surface area contributed by atoms with E-state index in [-0.39, 0.29) is 17.8 Å². The Labute approximate surface area is 182 Å². The van der Waals surface area contributed by atoms with Crippen molar-refractivity contribution in [1.29, 1.82) is 5.41 Å². The minimum absolute atomic E-state index is 0.141. The van der Waals surface area contributed by atoms with Gasteiger partial charge in [-0.25, -0.2) is 9.98 Å². The van der Waals surface area contributed by atoms with Gasteiger partial charge < -0.3 is 26.2 Å². The molecule has 0 aliphatic carbocycles. The number of aromatic nitrogens is 1. The molecule has 1 aromatic rings. The lowest BCUT2D eigenvalue weighted by atomic mass is 10.1. The average molecular weight is 423 g/mol. The third kappa shape index (κ3) is 4.77. The molecule has 9 nitrogen and oxygen atoms in total. The van der Waals surface area contributed by atoms with Crippen LogP contribution in [0.4, 0.5) is 5.82 Å². The third-order valence-electron chi connectivity index (χ3n) is 5.75. The highest BCUT2D eigenvalue weighted by molar-refractivity contribution is 6.16. The SMILES string of the molecule is CN/C=C1/C=C(NC(=O)c2cccc(N3CCC(N)C3)n2)C(N2CCCCC2)=NC1=N. The van der Waals surface area contributed by atoms with Crippen LogP contribution in [0.2, 0.25) is 0 Å². The number of hydrogen-bond donors (Lipinski definition) is 4. The molecule has 3 aliphatic heterocycles. The van der Waals surface area contributed by atoms with Crippen LogP contribution in [0, 0.1) is 5.41 Å². The normalized spacial score (nSPS) is 23.0. The van der Waals surface area contributed by atoms with Crippen LogP contribution < -0.4 is 21.3 Å². The number of rotatable bonds is 4. The van der Waals surface area contributed by atoms with E-state index >= 15 is 0 Å². The lowest BCUT2D eigenvalue weighted by molar-refractivity contribution is 0.0962. The maximum Gasteiger partial charge on any atom is 0.274 e. The topological polar surface area (TPSA) is 123 Å². The molecule has 3 aliphatic rings. The van der Waals surface area contributed by atoms with Crippen molar-refractivity contribution in [3.05, 3.63) is 47.4 Å². The van der Waals surface area contributed by atoms with Crippen molar-refractivity contribution in [2.45, 2.75) is 31.7 Å². The molecule has 1 unspecified atom stereocenters. The van der Waals surface area contributed by atoms with E-state index in [0.717, 1.165) is 51.3 Å². The first-order valence-electron chi connectivity index (χ1n) is 10.9. The number of nitrogens with one attached hydrogen (secondary N) is 3. The van der Waals surface area contributed by atoms with E-state index in [2.05, 4.69) is 30.4 Å². The quantitative estimate of drug-likeness (QED) is 0.578. The van der Waals surface area contributed by atoms with Crippen LogP contribution in [0.15, 0.2) is 46.7 Å². The van der Waals surface area contributed by atoms with Gasteiger partial charge in [-0.1, -0.05) is 6.07 Å². The largest absolute Gasteiger partial charge is 0.393 e. The van der Waals surface area contributed by atoms with Crippen molar-refractivity contribution in [3.8, 4) is 0 Å². The van der Waals surface area contributed by atoms with Crippen molar-refractivity contribution in [2.75, 3.05) is 38.1 Å². The number of carbonyl (C=O) groups excluding carboxylic acids is 1. The van der Waals surface area contributed by atoms with E-state index in [1.165, 1.54) is 6.42 Å². The summed E-state index contributed by atoms with van der Waals surface area (Å²) in [6.07, 6.45) is 7.78. The summed E-state index contributed by atoms with van der Waals surface area (Å²) in [6, 6.07) is 5.60. The van der Waals surface area contributed by atoms with Gasteiger partial charge in [0.15, 0.2) is 11.7 Å². The van der Waals surface area contributed by atoms with E-state index in [1.54, 1.807) is 25.4 Å². The zero-order chi connectivity index (χ0) is 21.8. The lowest BCUT2D eigenvalue weighted by Gasteiger charge is -2.32. The van der Waals surface area contributed by atoms with Gasteiger partial charge in [-0.3, -0.25) is 10.2 Å². The smallest absolute Gasteiger partial charge is 0.274 e. The second-order valence-corrected chi connectivity index (χ2v) is 8.11. The molecule has 1 amide bonds. The van der Waals surface area contributed by atoms with Crippen LogP contribution in [0.1, 0.15) is 36.2 Å². The predicted octanol–water partition coefficient (Wildman–Crippen LogP) is 1.21. The molecule has 0 aromatic carbocycles. The number of amides is 1. The van der Waals surface area contributed by atoms with E-state index in [1.807, 2.05) is 12.1 Å². The Balaban J connectivity index is 1.57. The molecule has 0 saturated carbocycles. The molecule has 5 N–H and O–H groups in total. The molecule has 0 radical (unpaired) electrons. The summed E-state index contributed by atoms with van der Waals surface area (Å²) < 4.78 is 0. The molecular weight excluding hydrogens is 392 g/mol. The minimum Gasteiger partial charge on any atom is -0.393 e. The maximum atomic E-state index is 13.1. The van der Waals surface area contributed by atoms with Gasteiger partial charge >= 0.3 is 0 Å². The van der Waals surface area contributed by atoms with E-state index in [0.29, 0.717) is 22.8 Å². The standard InChI is InChI=1S/C22H30N8O/c1-25-13-15-12-18(21(28-20(15)24)29-9-3-2-4-10-29)27-22(31)17-6-5-7-19(26-17)30-11-8-16(23)14-30/h5-7,12-13,16,24-25H,2-4,8-11,14,23H2,1H3,(H,27,31)/b15-13-,24-20?. The van der Waals surface area contributed by atoms with Crippen LogP contribution in [-0.4, -0.2) is 66.7 Å². The number of carbonyl (C=O) groups is 1. The number of piperidine rings is 1. The van der Waals surface area contributed by atoms with Gasteiger partial charge in [0.25, 0.3) is 5.91 Å². The van der Waals surface area contributed by atoms with Gasteiger partial charge in [-0.15, -0.1) is 0 Å². The average Bonchev–Trinajstić information content (AvgIpc) is 3.23. The lowest BCUT2D eigenvalue weighted by Crippen LogP contribution is -2.43. The first-order valence-corrected chi connectivity index (χ1v) is 10.9. The molecule has 4 rings (SSSR count). The highest BCUT2D eigenvalue weighted by atomic mass is 16.1. The maximum absolute atomic E-state index is 13.1. The highest BCUT2D eigenvalue weighted by Gasteiger charge is 2.26. The number of pyridine rings is 1. The number of anilines is 1. The van der Waals surface area contributed by atoms with Crippen molar-refractivity contribution >= 4 is 23.4 Å². The Morgan fingerprint density at radius 1 is 1.23 bits per heavy atom. The molecule has 0 bridgehead atoms. The van der Waals surface area contributed by atoms with Crippen molar-refractivity contribution in [1.82, 2.24) is 20.5 Å². The molecule has 4 heterocycles. The molecule has 1 atom stereocenters. The Kier molecular flexibility index (Phi) is 6.31. The summed E-state index contributed by atoms with van der Waals surface area (Å²) in [4.78, 5) is 26.4. The highest BCUT2D eigenvalue weighted by Crippen LogP contribution is 2.20. The van der Waals surface area contributed by atoms with Gasteiger partial charge in [0.2, 0.25) is 0 Å². The summed E-state index contributed by atoms with van der Waals surface area (Å²) in [7, 11) is 1.77. The van der Waals surface area contributed by atoms with E-state index < -0.39 is 0 Å². The Bertz CT molecular complexity index is 945. The molecule has 164 valence electrons. The first-order chi connectivity index (χ1) is 15.0. The predicted molar refractivity (Wildman–Crippen MR) is 122 cm³/mol. The number of hydrogen-bond acceptors (Lipinski definition) is 7. The summed E-state index contributed by atoms with van der Waals surface area (Å²) in [6.45, 7) is 3.33. The molecule has 9 heteroatoms. The molecule has 31 heavy (non-hydrogen) atoms. The second-order valence-electron chi connectivity index (χ2n) is 8.11. The number of amidine groups is 2. The van der Waals surface area contributed by atoms with Gasteiger partial charge in [0.1, 0.15) is 11.5 Å². The summed E-state index contributed by atoms with van der Waals surface area (Å²) in [5, 5.41) is 14.2. The number of dihydropyridines is 1. The third-order valence-corrected chi connectivity index (χ3v) is 5.75. The Hall–Kier alpha value is -3.20. The van der Waals surface area contributed by atoms with Crippen LogP contribution in [-0.2, 0) is 0 Å². The first kappa shape index (κ1) is 21.0. The summed E-state index contributed by atoms with van der Waals surface area (Å²) in [5.74, 6) is 1.30. The van der Waals surface area contributed by atoms with Crippen LogP contribution in [0.5, 0.6) is 0 Å². The fourth-order valence-corrected chi connectivity index (χ4v) is 4.13. The van der Waals surface area contributed by atoms with Crippen LogP contribution in [0.25, 0.3) is 0 Å². The number of nitrogens with two attached hydrogens (primary N) is 1. The van der Waals surface area contributed by atoms with Crippen LogP contribution >= 0.6 is 0 Å². The Morgan fingerprint density at radius 2 is 2.03 bits per heavy atom. The van der Waals surface area contributed by atoms with Gasteiger partial charge in [0.05, 0.1) is 5.70 Å². The fourth-order valence-electron chi connectivity index (χ4n) is 4.13. The minimum atomic E-state index is -0.293. The monoisotopic (exact) mass is 422 g/mol. The van der Waals surface area contributed by atoms with Gasteiger partial charge in [-0.05, 0) is 43.9 Å². The van der Waals surface area contributed by atoms with E-state index in [9.17, 15) is 4.79 Å². The summed E-state index contributed by atoms with van der Waals surface area (Å²) in [5.41, 5.74) is 7.58. The molecule has 2 saturated heterocycles. The Morgan fingerprint density at radius 3 is 2.74 bits per heavy atom. The number of nitrogens with zero attached hydrogens (tertiary/aromatic N) is 4. The fraction of sp³-hybridized carbons (Fsp3) is 0.455. The van der Waals surface area contributed by atoms with Crippen LogP contribution in [0.3, 0.4) is 0 Å². The number of likely N-dealkylation sites (tertiary alicyclic amines) is 1. The second kappa shape index (κ2) is 9.30. The molecule has 1 aromatic heterocycles. The molecule has 0 spiro atoms. The summed E-state index contributed by atoms with van der Waals surface area (Å²) >= 11 is 0. The van der Waals surface area contributed by atoms with Crippen molar-refractivity contribution in [3.63, 3.8) is 0 Å². The van der Waals surface area contributed by atoms with Gasteiger partial charge in [0, 0.05) is 51.0 Å². The van der Waals surface area contributed by atoms with Crippen molar-refractivity contribution < 1.29 is 4.79 Å². The molecule has 2 fully saturated rings. The molecular formula is C22H30N8O. The van der Waals surface area contributed by atoms with Crippen molar-refractivity contribution in [2.24, 2.45) is 10.7 Å². The zero-order valence-electron chi connectivity index (χ0n) is 17.9. The van der Waals surface area contributed by atoms with E-state index in [4.69, 9.17) is 11.1 Å². The zero-order valence-corrected chi connectivity index (χ0v) is 17.9. The number of aliphatic imine (C=N–C) groups is 1.